The minimum atomic E-state index is -0.518. The second kappa shape index (κ2) is 7.51. The number of nitrogens with one attached hydrogen (secondary N) is 2. The van der Waals surface area contributed by atoms with Crippen LogP contribution in [-0.2, 0) is 6.42 Å². The van der Waals surface area contributed by atoms with Crippen molar-refractivity contribution in [3.05, 3.63) is 98.5 Å². The molecule has 2 N–H and O–H groups in total. The third-order valence-corrected chi connectivity index (χ3v) is 5.59. The quantitative estimate of drug-likeness (QED) is 0.709. The average Bonchev–Trinajstić information content (AvgIpc) is 2.70. The van der Waals surface area contributed by atoms with E-state index in [0.717, 1.165) is 16.7 Å². The molecule has 1 amide bonds. The van der Waals surface area contributed by atoms with Crippen LogP contribution in [0.4, 0.5) is 5.69 Å². The number of amides is 1. The van der Waals surface area contributed by atoms with E-state index in [1.165, 1.54) is 6.07 Å². The maximum atomic E-state index is 12.7. The van der Waals surface area contributed by atoms with Gasteiger partial charge in [0.2, 0.25) is 0 Å². The van der Waals surface area contributed by atoms with Gasteiger partial charge in [-0.05, 0) is 61.1 Å². The summed E-state index contributed by atoms with van der Waals surface area (Å²) in [6.45, 7) is 3.95. The third kappa shape index (κ3) is 3.76. The van der Waals surface area contributed by atoms with Crippen molar-refractivity contribution in [2.75, 3.05) is 5.32 Å². The van der Waals surface area contributed by atoms with E-state index in [4.69, 9.17) is 0 Å². The molecule has 1 atom stereocenters. The first-order chi connectivity index (χ1) is 13.9. The van der Waals surface area contributed by atoms with Crippen LogP contribution in [-0.4, -0.2) is 16.7 Å². The molecule has 2 aromatic carbocycles. The minimum absolute atomic E-state index is 0.0297. The molecule has 5 heteroatoms. The lowest BCUT2D eigenvalue weighted by atomic mass is 9.81. The number of aromatic nitrogens is 1. The van der Waals surface area contributed by atoms with Gasteiger partial charge in [0.1, 0.15) is 5.56 Å². The van der Waals surface area contributed by atoms with Crippen molar-refractivity contribution in [1.82, 2.24) is 4.98 Å². The van der Waals surface area contributed by atoms with Crippen molar-refractivity contribution in [2.24, 2.45) is 0 Å². The maximum Gasteiger partial charge on any atom is 0.261 e. The highest BCUT2D eigenvalue weighted by Crippen LogP contribution is 2.31. The van der Waals surface area contributed by atoms with E-state index in [9.17, 15) is 14.4 Å². The molecule has 0 fully saturated rings. The highest BCUT2D eigenvalue weighted by molar-refractivity contribution is 6.06. The molecule has 1 aliphatic carbocycles. The number of Topliss-reactive ketones (excluding diaryl/α,β-unsaturated/α-hetero) is 1. The highest BCUT2D eigenvalue weighted by atomic mass is 16.2. The average molecular weight is 386 g/mol. The molecule has 1 aliphatic rings. The minimum Gasteiger partial charge on any atom is -0.325 e. The first kappa shape index (κ1) is 18.9. The van der Waals surface area contributed by atoms with E-state index in [1.807, 2.05) is 56.3 Å². The first-order valence-electron chi connectivity index (χ1n) is 9.65. The molecule has 4 rings (SSSR count). The molecule has 3 aromatic rings. The standard InChI is InChI=1S/C24H22N2O3/c1-14-8-9-18(10-15(14)2)25-23(28)20-13-19-21(26-24(20)29)11-17(12-22(19)27)16-6-4-3-5-7-16/h3-10,13,17H,11-12H2,1-2H3,(H,25,28)(H,26,29)/t17-/m1/s1. The van der Waals surface area contributed by atoms with E-state index in [2.05, 4.69) is 10.3 Å². The fourth-order valence-electron chi connectivity index (χ4n) is 3.78. The molecule has 0 spiro atoms. The summed E-state index contributed by atoms with van der Waals surface area (Å²) in [6.07, 6.45) is 0.931. The molecule has 29 heavy (non-hydrogen) atoms. The largest absolute Gasteiger partial charge is 0.325 e. The van der Waals surface area contributed by atoms with Crippen LogP contribution < -0.4 is 10.9 Å². The fourth-order valence-corrected chi connectivity index (χ4v) is 3.78. The van der Waals surface area contributed by atoms with Gasteiger partial charge in [0, 0.05) is 23.4 Å². The SMILES string of the molecule is Cc1ccc(NC(=O)c2cc3c([nH]c2=O)C[C@@H](c2ccccc2)CC3=O)cc1C. The smallest absolute Gasteiger partial charge is 0.261 e. The van der Waals surface area contributed by atoms with Gasteiger partial charge in [0.25, 0.3) is 11.5 Å². The number of hydrogen-bond acceptors (Lipinski definition) is 3. The summed E-state index contributed by atoms with van der Waals surface area (Å²) in [5.74, 6) is -0.547. The first-order valence-corrected chi connectivity index (χ1v) is 9.65. The summed E-state index contributed by atoms with van der Waals surface area (Å²) < 4.78 is 0. The fraction of sp³-hybridized carbons (Fsp3) is 0.208. The van der Waals surface area contributed by atoms with Crippen LogP contribution in [0.25, 0.3) is 0 Å². The van der Waals surface area contributed by atoms with E-state index in [-0.39, 0.29) is 17.3 Å². The summed E-state index contributed by atoms with van der Waals surface area (Å²) in [7, 11) is 0. The number of fused-ring (bicyclic) bond motifs is 1. The second-order valence-electron chi connectivity index (χ2n) is 7.60. The summed E-state index contributed by atoms with van der Waals surface area (Å²) in [5, 5.41) is 2.75. The maximum absolute atomic E-state index is 12.7. The molecule has 5 nitrogen and oxygen atoms in total. The topological polar surface area (TPSA) is 79.0 Å². The van der Waals surface area contributed by atoms with Gasteiger partial charge in [-0.2, -0.15) is 0 Å². The van der Waals surface area contributed by atoms with Gasteiger partial charge in [-0.3, -0.25) is 14.4 Å². The lowest BCUT2D eigenvalue weighted by molar-refractivity contribution is 0.0963. The summed E-state index contributed by atoms with van der Waals surface area (Å²) in [6, 6.07) is 16.8. The van der Waals surface area contributed by atoms with Crippen LogP contribution in [0.1, 0.15) is 55.4 Å². The Balaban J connectivity index is 1.62. The third-order valence-electron chi connectivity index (χ3n) is 5.59. The predicted octanol–water partition coefficient (Wildman–Crippen LogP) is 4.16. The molecule has 0 saturated carbocycles. The number of rotatable bonds is 3. The van der Waals surface area contributed by atoms with Gasteiger partial charge in [-0.1, -0.05) is 36.4 Å². The van der Waals surface area contributed by atoms with Gasteiger partial charge in [0.05, 0.1) is 0 Å². The van der Waals surface area contributed by atoms with Crippen LogP contribution in [0.15, 0.2) is 59.4 Å². The second-order valence-corrected chi connectivity index (χ2v) is 7.60. The Morgan fingerprint density at radius 1 is 0.966 bits per heavy atom. The Morgan fingerprint density at radius 3 is 2.45 bits per heavy atom. The summed E-state index contributed by atoms with van der Waals surface area (Å²) >= 11 is 0. The zero-order valence-corrected chi connectivity index (χ0v) is 16.4. The molecule has 146 valence electrons. The van der Waals surface area contributed by atoms with Crippen LogP contribution >= 0.6 is 0 Å². The van der Waals surface area contributed by atoms with Gasteiger partial charge < -0.3 is 10.3 Å². The number of aromatic amines is 1. The van der Waals surface area contributed by atoms with Crippen molar-refractivity contribution in [1.29, 1.82) is 0 Å². The number of carbonyl (C=O) groups is 2. The number of ketones is 1. The van der Waals surface area contributed by atoms with E-state index in [1.54, 1.807) is 6.07 Å². The zero-order valence-electron chi connectivity index (χ0n) is 16.4. The monoisotopic (exact) mass is 386 g/mol. The summed E-state index contributed by atoms with van der Waals surface area (Å²) in [5.41, 5.74) is 4.36. The van der Waals surface area contributed by atoms with Crippen molar-refractivity contribution >= 4 is 17.4 Å². The molecule has 0 radical (unpaired) electrons. The van der Waals surface area contributed by atoms with Crippen LogP contribution in [0.5, 0.6) is 0 Å². The lowest BCUT2D eigenvalue weighted by Gasteiger charge is -2.24. The molecular weight excluding hydrogens is 364 g/mol. The van der Waals surface area contributed by atoms with Crippen molar-refractivity contribution in [3.8, 4) is 0 Å². The number of aryl methyl sites for hydroxylation is 2. The van der Waals surface area contributed by atoms with Gasteiger partial charge in [-0.15, -0.1) is 0 Å². The normalized spacial score (nSPS) is 15.7. The van der Waals surface area contributed by atoms with Crippen molar-refractivity contribution in [2.45, 2.75) is 32.6 Å². The number of hydrogen-bond donors (Lipinski definition) is 2. The van der Waals surface area contributed by atoms with E-state index in [0.29, 0.717) is 29.8 Å². The van der Waals surface area contributed by atoms with E-state index >= 15 is 0 Å². The van der Waals surface area contributed by atoms with Gasteiger partial charge in [-0.25, -0.2) is 0 Å². The van der Waals surface area contributed by atoms with Crippen LogP contribution in [0, 0.1) is 13.8 Å². The Kier molecular flexibility index (Phi) is 4.89. The highest BCUT2D eigenvalue weighted by Gasteiger charge is 2.28. The van der Waals surface area contributed by atoms with E-state index < -0.39 is 11.5 Å². The molecular formula is C24H22N2O3. The molecule has 0 saturated heterocycles. The molecule has 0 bridgehead atoms. The van der Waals surface area contributed by atoms with Gasteiger partial charge in [0.15, 0.2) is 5.78 Å². The van der Waals surface area contributed by atoms with Crippen LogP contribution in [0.2, 0.25) is 0 Å². The lowest BCUT2D eigenvalue weighted by Crippen LogP contribution is -2.29. The zero-order chi connectivity index (χ0) is 20.5. The number of benzene rings is 2. The van der Waals surface area contributed by atoms with Crippen LogP contribution in [0.3, 0.4) is 0 Å². The summed E-state index contributed by atoms with van der Waals surface area (Å²) in [4.78, 5) is 40.8. The number of anilines is 1. The molecule has 1 aromatic heterocycles. The predicted molar refractivity (Wildman–Crippen MR) is 113 cm³/mol. The molecule has 0 aliphatic heterocycles. The Labute approximate surface area is 168 Å². The molecule has 0 unspecified atom stereocenters. The molecule has 1 heterocycles. The number of pyridine rings is 1. The van der Waals surface area contributed by atoms with Crippen molar-refractivity contribution < 1.29 is 9.59 Å². The number of carbonyl (C=O) groups excluding carboxylic acids is 2. The number of H-pyrrole nitrogens is 1. The Hall–Kier alpha value is -3.47. The Bertz CT molecular complexity index is 1160. The van der Waals surface area contributed by atoms with Crippen molar-refractivity contribution in [3.63, 3.8) is 0 Å². The Morgan fingerprint density at radius 2 is 1.72 bits per heavy atom. The van der Waals surface area contributed by atoms with Gasteiger partial charge >= 0.3 is 0 Å².